The quantitative estimate of drug-likeness (QED) is 0.353. The van der Waals surface area contributed by atoms with Crippen LogP contribution in [0.3, 0.4) is 0 Å². The number of aryl methyl sites for hydroxylation is 1. The molecule has 0 spiro atoms. The highest BCUT2D eigenvalue weighted by atomic mass is 14.8. The zero-order valence-electron chi connectivity index (χ0n) is 21.6. The van der Waals surface area contributed by atoms with Gasteiger partial charge in [0.05, 0.1) is 11.6 Å². The molecule has 178 valence electrons. The summed E-state index contributed by atoms with van der Waals surface area (Å²) < 4.78 is 0. The molecule has 1 aromatic carbocycles. The number of benzene rings is 1. The Labute approximate surface area is 206 Å². The van der Waals surface area contributed by atoms with Crippen molar-refractivity contribution in [2.24, 2.45) is 16.8 Å². The molecule has 0 aromatic heterocycles. The predicted molar refractivity (Wildman–Crippen MR) is 146 cm³/mol. The normalized spacial score (nSPS) is 22.0. The fourth-order valence-corrected chi connectivity index (χ4v) is 4.81. The minimum Gasteiger partial charge on any atom is -0.316 e. The zero-order chi connectivity index (χ0) is 24.8. The Kier molecular flexibility index (Phi) is 8.64. The van der Waals surface area contributed by atoms with E-state index in [1.807, 2.05) is 25.2 Å². The summed E-state index contributed by atoms with van der Waals surface area (Å²) >= 11 is 0. The average molecular weight is 454 g/mol. The van der Waals surface area contributed by atoms with E-state index in [4.69, 9.17) is 0 Å². The van der Waals surface area contributed by atoms with Crippen molar-refractivity contribution < 1.29 is 0 Å². The molecule has 3 nitrogen and oxygen atoms in total. The molecule has 0 radical (unpaired) electrons. The van der Waals surface area contributed by atoms with E-state index in [0.29, 0.717) is 17.4 Å². The van der Waals surface area contributed by atoms with Crippen LogP contribution in [-0.2, 0) is 0 Å². The van der Waals surface area contributed by atoms with Crippen molar-refractivity contribution in [2.75, 3.05) is 20.1 Å². The highest BCUT2D eigenvalue weighted by Crippen LogP contribution is 2.45. The van der Waals surface area contributed by atoms with Crippen molar-refractivity contribution >= 4 is 11.3 Å². The third kappa shape index (κ3) is 6.13. The monoisotopic (exact) mass is 453 g/mol. The standard InChI is InChI=1S/C31H39N3/c1-20(2)30(27-9-8-14-34-19-21(3)15-27)31(24(6)33-7)29(26-12-13-26)16-23(5)28-17-25(18-32)11-10-22(28)4/h10-11,15-17,21,26,34H,1,5,8-9,12-14,19H2,2-4,6-7H3/b27-15-,29-16-,31-30-,33-24?/t21-/m1/s1. The van der Waals surface area contributed by atoms with Gasteiger partial charge in [-0.25, -0.2) is 0 Å². The molecule has 3 heteroatoms. The molecule has 0 saturated heterocycles. The largest absolute Gasteiger partial charge is 0.316 e. The van der Waals surface area contributed by atoms with Gasteiger partial charge in [-0.05, 0) is 110 Å². The molecule has 1 atom stereocenters. The molecule has 1 N–H and O–H groups in total. The Morgan fingerprint density at radius 2 is 1.97 bits per heavy atom. The number of allylic oxidation sites excluding steroid dienone is 7. The van der Waals surface area contributed by atoms with Crippen LogP contribution in [0.15, 0.2) is 76.4 Å². The molecule has 1 aliphatic carbocycles. The Balaban J connectivity index is 2.23. The van der Waals surface area contributed by atoms with Crippen LogP contribution >= 0.6 is 0 Å². The van der Waals surface area contributed by atoms with E-state index in [1.165, 1.54) is 35.1 Å². The molecule has 1 saturated carbocycles. The van der Waals surface area contributed by atoms with Gasteiger partial charge in [0.15, 0.2) is 0 Å². The van der Waals surface area contributed by atoms with Crippen LogP contribution in [0.5, 0.6) is 0 Å². The lowest BCUT2D eigenvalue weighted by Crippen LogP contribution is -2.24. The number of hydrogen-bond acceptors (Lipinski definition) is 3. The van der Waals surface area contributed by atoms with Crippen LogP contribution in [-0.4, -0.2) is 25.8 Å². The van der Waals surface area contributed by atoms with E-state index in [-0.39, 0.29) is 0 Å². The van der Waals surface area contributed by atoms with E-state index in [1.54, 1.807) is 0 Å². The first kappa shape index (κ1) is 25.7. The van der Waals surface area contributed by atoms with E-state index in [9.17, 15) is 5.26 Å². The summed E-state index contributed by atoms with van der Waals surface area (Å²) in [4.78, 5) is 4.67. The summed E-state index contributed by atoms with van der Waals surface area (Å²) in [6.07, 6.45) is 9.18. The summed E-state index contributed by atoms with van der Waals surface area (Å²) in [5.74, 6) is 0.968. The molecular weight excluding hydrogens is 414 g/mol. The Morgan fingerprint density at radius 3 is 2.59 bits per heavy atom. The van der Waals surface area contributed by atoms with Crippen LogP contribution in [0, 0.1) is 30.1 Å². The molecule has 0 amide bonds. The molecule has 1 fully saturated rings. The fraction of sp³-hybridized carbons (Fsp3) is 0.419. The van der Waals surface area contributed by atoms with Gasteiger partial charge in [0.1, 0.15) is 0 Å². The van der Waals surface area contributed by atoms with Gasteiger partial charge in [0.25, 0.3) is 0 Å². The van der Waals surface area contributed by atoms with Crippen molar-refractivity contribution in [2.45, 2.75) is 53.4 Å². The first-order valence-electron chi connectivity index (χ1n) is 12.4. The third-order valence-corrected chi connectivity index (χ3v) is 6.79. The molecule has 0 unspecified atom stereocenters. The second kappa shape index (κ2) is 11.4. The molecule has 34 heavy (non-hydrogen) atoms. The van der Waals surface area contributed by atoms with Gasteiger partial charge in [-0.1, -0.05) is 43.9 Å². The number of hydrogen-bond donors (Lipinski definition) is 1. The predicted octanol–water partition coefficient (Wildman–Crippen LogP) is 7.13. The third-order valence-electron chi connectivity index (χ3n) is 6.79. The second-order valence-corrected chi connectivity index (χ2v) is 9.86. The van der Waals surface area contributed by atoms with Crippen LogP contribution in [0.4, 0.5) is 0 Å². The summed E-state index contributed by atoms with van der Waals surface area (Å²) in [5.41, 5.74) is 11.1. The van der Waals surface area contributed by atoms with Crippen LogP contribution in [0.2, 0.25) is 0 Å². The molecule has 3 rings (SSSR count). The summed E-state index contributed by atoms with van der Waals surface area (Å²) in [6, 6.07) is 8.09. The van der Waals surface area contributed by atoms with Gasteiger partial charge in [0, 0.05) is 24.9 Å². The average Bonchev–Trinajstić information content (AvgIpc) is 3.63. The van der Waals surface area contributed by atoms with Crippen molar-refractivity contribution in [1.82, 2.24) is 5.32 Å². The molecule has 2 aliphatic rings. The highest BCUT2D eigenvalue weighted by molar-refractivity contribution is 6.05. The Morgan fingerprint density at radius 1 is 1.24 bits per heavy atom. The topological polar surface area (TPSA) is 48.2 Å². The molecule has 1 aromatic rings. The van der Waals surface area contributed by atoms with Crippen LogP contribution in [0.25, 0.3) is 5.57 Å². The number of aliphatic imine (C=N–C) groups is 1. The SMILES string of the molecule is C=C(C)C(/C1=C\[C@@H](C)CNCCC1)=C(C(C)=NC)/C(=C\C(=C)c1cc(C#N)ccc1C)C1CC1. The maximum Gasteiger partial charge on any atom is 0.0991 e. The van der Waals surface area contributed by atoms with Crippen molar-refractivity contribution in [1.29, 1.82) is 5.26 Å². The minimum atomic E-state index is 0.462. The maximum atomic E-state index is 9.41. The zero-order valence-corrected chi connectivity index (χ0v) is 21.6. The van der Waals surface area contributed by atoms with Gasteiger partial charge in [-0.15, -0.1) is 0 Å². The highest BCUT2D eigenvalue weighted by Gasteiger charge is 2.32. The van der Waals surface area contributed by atoms with Gasteiger partial charge >= 0.3 is 0 Å². The van der Waals surface area contributed by atoms with Crippen molar-refractivity contribution in [3.05, 3.63) is 88.1 Å². The lowest BCUT2D eigenvalue weighted by molar-refractivity contribution is 0.558. The summed E-state index contributed by atoms with van der Waals surface area (Å²) in [7, 11) is 1.88. The number of rotatable bonds is 7. The van der Waals surface area contributed by atoms with Crippen LogP contribution < -0.4 is 5.32 Å². The smallest absolute Gasteiger partial charge is 0.0991 e. The molecular formula is C31H39N3. The van der Waals surface area contributed by atoms with Gasteiger partial charge in [-0.2, -0.15) is 5.26 Å². The van der Waals surface area contributed by atoms with Crippen molar-refractivity contribution in [3.63, 3.8) is 0 Å². The molecule has 1 aliphatic heterocycles. The van der Waals surface area contributed by atoms with E-state index in [0.717, 1.165) is 53.9 Å². The number of nitriles is 1. The van der Waals surface area contributed by atoms with Gasteiger partial charge in [0.2, 0.25) is 0 Å². The Bertz CT molecular complexity index is 1130. The van der Waals surface area contributed by atoms with E-state index in [2.05, 4.69) is 69.4 Å². The summed E-state index contributed by atoms with van der Waals surface area (Å²) in [5, 5.41) is 13.0. The van der Waals surface area contributed by atoms with Crippen LogP contribution in [0.1, 0.15) is 63.1 Å². The molecule has 1 heterocycles. The van der Waals surface area contributed by atoms with E-state index >= 15 is 0 Å². The summed E-state index contributed by atoms with van der Waals surface area (Å²) in [6.45, 7) is 19.5. The number of nitrogens with one attached hydrogen (secondary N) is 1. The van der Waals surface area contributed by atoms with Gasteiger partial charge in [-0.3, -0.25) is 4.99 Å². The first-order valence-corrected chi connectivity index (χ1v) is 12.4. The second-order valence-electron chi connectivity index (χ2n) is 9.86. The lowest BCUT2D eigenvalue weighted by atomic mass is 9.82. The number of nitrogens with zero attached hydrogens (tertiary/aromatic N) is 2. The lowest BCUT2D eigenvalue weighted by Gasteiger charge is -2.24. The maximum absolute atomic E-state index is 9.41. The first-order chi connectivity index (χ1) is 16.3. The fourth-order valence-electron chi connectivity index (χ4n) is 4.81. The van der Waals surface area contributed by atoms with E-state index < -0.39 is 0 Å². The minimum absolute atomic E-state index is 0.462. The van der Waals surface area contributed by atoms with Crippen molar-refractivity contribution in [3.8, 4) is 6.07 Å². The van der Waals surface area contributed by atoms with Gasteiger partial charge < -0.3 is 5.32 Å². The molecule has 0 bridgehead atoms. The Hall–Kier alpha value is -2.96.